The number of carbonyl (C=O) groups excluding carboxylic acids is 1. The SMILES string of the molecule is CCC[CH2][Sn]([CH2]CCC)([CH2]CCC)[CH2]OC(=O)N1C(C)(C)CCCC1(C)C. The monoisotopic (exact) mass is 489 g/mol. The van der Waals surface area contributed by atoms with Crippen LogP contribution in [0.5, 0.6) is 0 Å². The first-order valence-corrected chi connectivity index (χ1v) is 19.7. The second-order valence-electron chi connectivity index (χ2n) is 10.2. The van der Waals surface area contributed by atoms with E-state index in [0.29, 0.717) is 0 Å². The van der Waals surface area contributed by atoms with Crippen LogP contribution in [0.2, 0.25) is 13.3 Å². The molecule has 0 aliphatic carbocycles. The van der Waals surface area contributed by atoms with E-state index in [4.69, 9.17) is 4.74 Å². The quantitative estimate of drug-likeness (QED) is 0.281. The van der Waals surface area contributed by atoms with E-state index in [1.807, 2.05) is 0 Å². The van der Waals surface area contributed by atoms with Gasteiger partial charge in [-0.2, -0.15) is 0 Å². The minimum atomic E-state index is -2.43. The van der Waals surface area contributed by atoms with Gasteiger partial charge in [-0.25, -0.2) is 0 Å². The van der Waals surface area contributed by atoms with E-state index in [0.717, 1.165) is 17.5 Å². The molecule has 0 bridgehead atoms. The third-order valence-corrected chi connectivity index (χ3v) is 20.9. The summed E-state index contributed by atoms with van der Waals surface area (Å²) in [5, 5.41) is 0. The molecule has 0 saturated carbocycles. The van der Waals surface area contributed by atoms with Crippen molar-refractivity contribution in [1.29, 1.82) is 0 Å². The number of ether oxygens (including phenoxy) is 1. The summed E-state index contributed by atoms with van der Waals surface area (Å²) in [5.41, 5.74) is -0.208. The van der Waals surface area contributed by atoms with Crippen LogP contribution in [0.1, 0.15) is 106 Å². The molecule has 0 aromatic rings. The number of carbonyl (C=O) groups is 1. The van der Waals surface area contributed by atoms with Crippen molar-refractivity contribution >= 4 is 24.5 Å². The van der Waals surface area contributed by atoms with Crippen LogP contribution >= 0.6 is 0 Å². The zero-order valence-electron chi connectivity index (χ0n) is 19.5. The van der Waals surface area contributed by atoms with Crippen LogP contribution in [0.4, 0.5) is 4.79 Å². The second-order valence-corrected chi connectivity index (χ2v) is 23.8. The Morgan fingerprint density at radius 3 is 1.63 bits per heavy atom. The molecule has 1 heterocycles. The molecule has 1 aliphatic rings. The van der Waals surface area contributed by atoms with Crippen LogP contribution < -0.4 is 0 Å². The predicted octanol–water partition coefficient (Wildman–Crippen LogP) is 7.55. The number of rotatable bonds is 11. The summed E-state index contributed by atoms with van der Waals surface area (Å²) in [6.45, 7) is 15.7. The van der Waals surface area contributed by atoms with Crippen molar-refractivity contribution in [2.75, 3.05) is 4.62 Å². The summed E-state index contributed by atoms with van der Waals surface area (Å²) in [4.78, 5) is 15.3. The third kappa shape index (κ3) is 7.43. The molecule has 27 heavy (non-hydrogen) atoms. The minimum absolute atomic E-state index is 0.0460. The number of hydrogen-bond acceptors (Lipinski definition) is 2. The van der Waals surface area contributed by atoms with E-state index < -0.39 is 18.4 Å². The molecular formula is C23H47NO2Sn. The summed E-state index contributed by atoms with van der Waals surface area (Å²) in [7, 11) is 0. The third-order valence-electron chi connectivity index (χ3n) is 6.65. The molecule has 0 radical (unpaired) electrons. The number of piperidine rings is 1. The molecule has 0 spiro atoms. The predicted molar refractivity (Wildman–Crippen MR) is 120 cm³/mol. The van der Waals surface area contributed by atoms with Gasteiger partial charge in [0, 0.05) is 0 Å². The van der Waals surface area contributed by atoms with Gasteiger partial charge < -0.3 is 0 Å². The van der Waals surface area contributed by atoms with Crippen LogP contribution in [0.15, 0.2) is 0 Å². The Balaban J connectivity index is 2.91. The molecule has 1 rings (SSSR count). The van der Waals surface area contributed by atoms with Gasteiger partial charge in [-0.1, -0.05) is 0 Å². The van der Waals surface area contributed by atoms with E-state index >= 15 is 0 Å². The van der Waals surface area contributed by atoms with E-state index in [-0.39, 0.29) is 17.2 Å². The van der Waals surface area contributed by atoms with Crippen molar-refractivity contribution in [2.45, 2.75) is 131 Å². The van der Waals surface area contributed by atoms with Crippen LogP contribution in [-0.2, 0) is 4.74 Å². The first kappa shape index (κ1) is 25.1. The molecule has 4 heteroatoms. The van der Waals surface area contributed by atoms with E-state index in [1.165, 1.54) is 58.3 Å². The average Bonchev–Trinajstić information content (AvgIpc) is 2.59. The van der Waals surface area contributed by atoms with Crippen molar-refractivity contribution in [1.82, 2.24) is 4.90 Å². The summed E-state index contributed by atoms with van der Waals surface area (Å²) in [6, 6.07) is 0. The van der Waals surface area contributed by atoms with E-state index in [1.54, 1.807) is 0 Å². The number of likely N-dealkylation sites (tertiary alicyclic amines) is 1. The molecule has 0 N–H and O–H groups in total. The molecule has 3 nitrogen and oxygen atoms in total. The van der Waals surface area contributed by atoms with Crippen LogP contribution in [-0.4, -0.2) is 45.1 Å². The molecule has 0 aromatic heterocycles. The van der Waals surface area contributed by atoms with Gasteiger partial charge in [0.2, 0.25) is 0 Å². The first-order chi connectivity index (χ1) is 12.6. The fraction of sp³-hybridized carbons (Fsp3) is 0.957. The van der Waals surface area contributed by atoms with Gasteiger partial charge in [-0.3, -0.25) is 0 Å². The molecule has 0 aromatic carbocycles. The van der Waals surface area contributed by atoms with Gasteiger partial charge in [-0.15, -0.1) is 0 Å². The molecule has 160 valence electrons. The summed E-state index contributed by atoms with van der Waals surface area (Å²) in [5.74, 6) is 0. The normalized spacial score (nSPS) is 19.1. The van der Waals surface area contributed by atoms with Gasteiger partial charge in [0.05, 0.1) is 0 Å². The number of amides is 1. The maximum absolute atomic E-state index is 13.2. The van der Waals surface area contributed by atoms with Gasteiger partial charge in [0.15, 0.2) is 0 Å². The average molecular weight is 488 g/mol. The fourth-order valence-electron chi connectivity index (χ4n) is 5.02. The number of unbranched alkanes of at least 4 members (excludes halogenated alkanes) is 3. The Morgan fingerprint density at radius 2 is 1.26 bits per heavy atom. The Bertz CT molecular complexity index is 410. The van der Waals surface area contributed by atoms with Crippen molar-refractivity contribution in [3.63, 3.8) is 0 Å². The van der Waals surface area contributed by atoms with Crippen LogP contribution in [0, 0.1) is 0 Å². The Morgan fingerprint density at radius 1 is 0.852 bits per heavy atom. The summed E-state index contributed by atoms with van der Waals surface area (Å²) < 4.78 is 11.2. The molecule has 1 amide bonds. The van der Waals surface area contributed by atoms with Crippen molar-refractivity contribution < 1.29 is 9.53 Å². The van der Waals surface area contributed by atoms with Crippen molar-refractivity contribution in [3.8, 4) is 0 Å². The zero-order chi connectivity index (χ0) is 20.6. The maximum atomic E-state index is 13.2. The van der Waals surface area contributed by atoms with Gasteiger partial charge >= 0.3 is 174 Å². The fourth-order valence-corrected chi connectivity index (χ4v) is 19.1. The number of hydrogen-bond donors (Lipinski definition) is 0. The molecule has 0 atom stereocenters. The topological polar surface area (TPSA) is 29.5 Å². The van der Waals surface area contributed by atoms with Crippen molar-refractivity contribution in [2.24, 2.45) is 0 Å². The Kier molecular flexibility index (Phi) is 10.5. The van der Waals surface area contributed by atoms with E-state index in [9.17, 15) is 4.79 Å². The van der Waals surface area contributed by atoms with Crippen LogP contribution in [0.25, 0.3) is 0 Å². The standard InChI is InChI=1S/C11H20NO2.3C4H9.Sn/c1-10(2)7-6-8-11(3,4)12(10)9(13)14-5;3*1-3-4-2;/h5-8H2,1-4H3;3*1,3-4H2,2H3;. The van der Waals surface area contributed by atoms with Crippen LogP contribution in [0.3, 0.4) is 0 Å². The first-order valence-electron chi connectivity index (χ1n) is 11.6. The van der Waals surface area contributed by atoms with Gasteiger partial charge in [0.1, 0.15) is 0 Å². The second kappa shape index (κ2) is 11.3. The molecule has 0 unspecified atom stereocenters. The Hall–Kier alpha value is 0.0687. The summed E-state index contributed by atoms with van der Waals surface area (Å²) in [6.07, 6.45) is 11.0. The molecule has 1 aliphatic heterocycles. The molecule has 1 fully saturated rings. The van der Waals surface area contributed by atoms with E-state index in [2.05, 4.69) is 53.4 Å². The van der Waals surface area contributed by atoms with Gasteiger partial charge in [0.25, 0.3) is 0 Å². The summed E-state index contributed by atoms with van der Waals surface area (Å²) >= 11 is -2.43. The Labute approximate surface area is 173 Å². The van der Waals surface area contributed by atoms with Crippen molar-refractivity contribution in [3.05, 3.63) is 0 Å². The zero-order valence-corrected chi connectivity index (χ0v) is 22.3. The van der Waals surface area contributed by atoms with Gasteiger partial charge in [-0.05, 0) is 0 Å². The number of nitrogens with zero attached hydrogens (tertiary/aromatic N) is 1. The molecular weight excluding hydrogens is 441 g/mol. The molecule has 1 saturated heterocycles.